The van der Waals surface area contributed by atoms with E-state index in [1.807, 2.05) is 0 Å². The number of nitrogens with one attached hydrogen (secondary N) is 2. The van der Waals surface area contributed by atoms with Crippen LogP contribution in [0, 0.1) is 0 Å². The summed E-state index contributed by atoms with van der Waals surface area (Å²) in [6, 6.07) is 0.454. The lowest BCUT2D eigenvalue weighted by Gasteiger charge is -2.08. The molecule has 1 rings (SSSR count). The standard InChI is InChI=1S/C9H15N3OS/c1-7(2)11-3-4-12-9(13)8-5-10-6-14-8/h5-7,11H,3-4H2,1-2H3,(H,12,13). The molecule has 0 aliphatic heterocycles. The first-order chi connectivity index (χ1) is 6.70. The van der Waals surface area contributed by atoms with E-state index >= 15 is 0 Å². The number of amides is 1. The van der Waals surface area contributed by atoms with Crippen LogP contribution in [0.25, 0.3) is 0 Å². The highest BCUT2D eigenvalue weighted by molar-refractivity contribution is 7.11. The number of hydrogen-bond acceptors (Lipinski definition) is 4. The molecular formula is C9H15N3OS. The molecular weight excluding hydrogens is 198 g/mol. The van der Waals surface area contributed by atoms with Crippen LogP contribution in [0.2, 0.25) is 0 Å². The summed E-state index contributed by atoms with van der Waals surface area (Å²) in [5.74, 6) is -0.0435. The van der Waals surface area contributed by atoms with Gasteiger partial charge in [-0.05, 0) is 0 Å². The van der Waals surface area contributed by atoms with Crippen LogP contribution in [0.3, 0.4) is 0 Å². The summed E-state index contributed by atoms with van der Waals surface area (Å²) < 4.78 is 0. The Morgan fingerprint density at radius 1 is 1.57 bits per heavy atom. The molecule has 0 aromatic carbocycles. The molecule has 4 nitrogen and oxygen atoms in total. The first kappa shape index (κ1) is 11.1. The van der Waals surface area contributed by atoms with Gasteiger partial charge in [-0.3, -0.25) is 9.78 Å². The van der Waals surface area contributed by atoms with E-state index < -0.39 is 0 Å². The van der Waals surface area contributed by atoms with E-state index in [1.165, 1.54) is 11.3 Å². The molecule has 14 heavy (non-hydrogen) atoms. The van der Waals surface area contributed by atoms with Crippen molar-refractivity contribution in [2.75, 3.05) is 13.1 Å². The van der Waals surface area contributed by atoms with Gasteiger partial charge in [0, 0.05) is 19.1 Å². The van der Waals surface area contributed by atoms with Gasteiger partial charge >= 0.3 is 0 Å². The Hall–Kier alpha value is -0.940. The van der Waals surface area contributed by atoms with Crippen molar-refractivity contribution in [1.82, 2.24) is 15.6 Å². The third-order valence-electron chi connectivity index (χ3n) is 1.62. The zero-order valence-corrected chi connectivity index (χ0v) is 9.23. The highest BCUT2D eigenvalue weighted by Crippen LogP contribution is 2.03. The van der Waals surface area contributed by atoms with Gasteiger partial charge in [-0.25, -0.2) is 0 Å². The molecule has 0 spiro atoms. The van der Waals surface area contributed by atoms with Crippen molar-refractivity contribution < 1.29 is 4.79 Å². The van der Waals surface area contributed by atoms with Gasteiger partial charge in [0.05, 0.1) is 11.7 Å². The van der Waals surface area contributed by atoms with Gasteiger partial charge in [-0.15, -0.1) is 11.3 Å². The van der Waals surface area contributed by atoms with Crippen LogP contribution in [0.5, 0.6) is 0 Å². The van der Waals surface area contributed by atoms with Crippen molar-refractivity contribution in [2.24, 2.45) is 0 Å². The van der Waals surface area contributed by atoms with Gasteiger partial charge in [0.1, 0.15) is 4.88 Å². The first-order valence-electron chi connectivity index (χ1n) is 4.60. The Kier molecular flexibility index (Phi) is 4.55. The molecule has 0 aliphatic rings. The van der Waals surface area contributed by atoms with Crippen LogP contribution in [-0.4, -0.2) is 30.0 Å². The molecule has 1 amide bonds. The summed E-state index contributed by atoms with van der Waals surface area (Å²) in [4.78, 5) is 15.9. The molecule has 0 bridgehead atoms. The molecule has 0 saturated carbocycles. The fourth-order valence-electron chi connectivity index (χ4n) is 0.952. The monoisotopic (exact) mass is 213 g/mol. The Balaban J connectivity index is 2.16. The van der Waals surface area contributed by atoms with Gasteiger partial charge in [0.2, 0.25) is 0 Å². The van der Waals surface area contributed by atoms with Crippen LogP contribution in [-0.2, 0) is 0 Å². The Labute approximate surface area is 87.7 Å². The molecule has 0 saturated heterocycles. The summed E-state index contributed by atoms with van der Waals surface area (Å²) in [5.41, 5.74) is 1.65. The van der Waals surface area contributed by atoms with Crippen LogP contribution >= 0.6 is 11.3 Å². The quantitative estimate of drug-likeness (QED) is 0.714. The maximum Gasteiger partial charge on any atom is 0.263 e. The number of hydrogen-bond donors (Lipinski definition) is 2. The van der Waals surface area contributed by atoms with Gasteiger partial charge in [-0.1, -0.05) is 13.8 Å². The van der Waals surface area contributed by atoms with Crippen LogP contribution in [0.1, 0.15) is 23.5 Å². The molecule has 1 aromatic rings. The van der Waals surface area contributed by atoms with E-state index in [2.05, 4.69) is 29.5 Å². The van der Waals surface area contributed by atoms with Gasteiger partial charge < -0.3 is 10.6 Å². The second-order valence-corrected chi connectivity index (χ2v) is 4.12. The van der Waals surface area contributed by atoms with E-state index in [9.17, 15) is 4.79 Å². The Morgan fingerprint density at radius 3 is 2.93 bits per heavy atom. The van der Waals surface area contributed by atoms with Gasteiger partial charge in [0.15, 0.2) is 0 Å². The second-order valence-electron chi connectivity index (χ2n) is 3.23. The molecule has 0 aliphatic carbocycles. The molecule has 0 atom stereocenters. The number of nitrogens with zero attached hydrogens (tertiary/aromatic N) is 1. The molecule has 0 unspecified atom stereocenters. The zero-order valence-electron chi connectivity index (χ0n) is 8.41. The molecule has 1 aromatic heterocycles. The fourth-order valence-corrected chi connectivity index (χ4v) is 1.49. The average Bonchev–Trinajstić information content (AvgIpc) is 2.64. The summed E-state index contributed by atoms with van der Waals surface area (Å²) in [5, 5.41) is 6.03. The minimum Gasteiger partial charge on any atom is -0.350 e. The molecule has 5 heteroatoms. The van der Waals surface area contributed by atoms with Crippen molar-refractivity contribution in [3.63, 3.8) is 0 Å². The lowest BCUT2D eigenvalue weighted by molar-refractivity contribution is 0.0957. The predicted octanol–water partition coefficient (Wildman–Crippen LogP) is 0.871. The van der Waals surface area contributed by atoms with Crippen molar-refractivity contribution >= 4 is 17.2 Å². The Morgan fingerprint density at radius 2 is 2.36 bits per heavy atom. The van der Waals surface area contributed by atoms with Crippen molar-refractivity contribution in [1.29, 1.82) is 0 Å². The summed E-state index contributed by atoms with van der Waals surface area (Å²) in [6.07, 6.45) is 1.58. The molecule has 0 radical (unpaired) electrons. The summed E-state index contributed by atoms with van der Waals surface area (Å²) in [6.45, 7) is 5.59. The largest absolute Gasteiger partial charge is 0.350 e. The van der Waals surface area contributed by atoms with E-state index in [-0.39, 0.29) is 5.91 Å². The second kappa shape index (κ2) is 5.72. The van der Waals surface area contributed by atoms with Gasteiger partial charge in [0.25, 0.3) is 5.91 Å². The maximum absolute atomic E-state index is 11.4. The number of carbonyl (C=O) groups excluding carboxylic acids is 1. The highest BCUT2D eigenvalue weighted by Gasteiger charge is 2.05. The summed E-state index contributed by atoms with van der Waals surface area (Å²) >= 11 is 1.35. The number of rotatable bonds is 5. The third-order valence-corrected chi connectivity index (χ3v) is 2.39. The number of aromatic nitrogens is 1. The molecule has 78 valence electrons. The average molecular weight is 213 g/mol. The minimum atomic E-state index is -0.0435. The Bertz CT molecular complexity index is 272. The van der Waals surface area contributed by atoms with Crippen molar-refractivity contribution in [3.8, 4) is 0 Å². The smallest absolute Gasteiger partial charge is 0.263 e. The fraction of sp³-hybridized carbons (Fsp3) is 0.556. The van der Waals surface area contributed by atoms with Crippen molar-refractivity contribution in [3.05, 3.63) is 16.6 Å². The normalized spacial score (nSPS) is 10.5. The highest BCUT2D eigenvalue weighted by atomic mass is 32.1. The topological polar surface area (TPSA) is 54.0 Å². The third kappa shape index (κ3) is 3.85. The van der Waals surface area contributed by atoms with Crippen LogP contribution in [0.4, 0.5) is 0 Å². The number of carbonyl (C=O) groups is 1. The molecule has 2 N–H and O–H groups in total. The predicted molar refractivity (Wildman–Crippen MR) is 57.6 cm³/mol. The van der Waals surface area contributed by atoms with Gasteiger partial charge in [-0.2, -0.15) is 0 Å². The lowest BCUT2D eigenvalue weighted by Crippen LogP contribution is -2.34. The first-order valence-corrected chi connectivity index (χ1v) is 5.48. The minimum absolute atomic E-state index is 0.0435. The maximum atomic E-state index is 11.4. The zero-order chi connectivity index (χ0) is 10.4. The van der Waals surface area contributed by atoms with Crippen LogP contribution < -0.4 is 10.6 Å². The summed E-state index contributed by atoms with van der Waals surface area (Å²) in [7, 11) is 0. The van der Waals surface area contributed by atoms with Crippen LogP contribution in [0.15, 0.2) is 11.7 Å². The molecule has 0 fully saturated rings. The number of thiazole rings is 1. The SMILES string of the molecule is CC(C)NCCNC(=O)c1cncs1. The lowest BCUT2D eigenvalue weighted by atomic mass is 10.4. The molecule has 1 heterocycles. The van der Waals surface area contributed by atoms with E-state index in [0.29, 0.717) is 17.5 Å². The van der Waals surface area contributed by atoms with E-state index in [0.717, 1.165) is 6.54 Å². The van der Waals surface area contributed by atoms with E-state index in [4.69, 9.17) is 0 Å². The van der Waals surface area contributed by atoms with E-state index in [1.54, 1.807) is 11.7 Å². The van der Waals surface area contributed by atoms with Crippen molar-refractivity contribution in [2.45, 2.75) is 19.9 Å².